The predicted molar refractivity (Wildman–Crippen MR) is 224 cm³/mol. The van der Waals surface area contributed by atoms with E-state index in [-0.39, 0.29) is 5.41 Å². The highest BCUT2D eigenvalue weighted by Crippen LogP contribution is 2.54. The van der Waals surface area contributed by atoms with Gasteiger partial charge in [0, 0.05) is 22.5 Å². The van der Waals surface area contributed by atoms with Gasteiger partial charge in [-0.15, -0.1) is 0 Å². The highest BCUT2D eigenvalue weighted by atomic mass is 15.1. The molecule has 0 N–H and O–H groups in total. The summed E-state index contributed by atoms with van der Waals surface area (Å²) in [4.78, 5) is 2.59. The molecule has 3 atom stereocenters. The molecule has 0 heterocycles. The summed E-state index contributed by atoms with van der Waals surface area (Å²) in [5, 5.41) is 0. The molecule has 1 nitrogen and oxygen atoms in total. The van der Waals surface area contributed by atoms with Gasteiger partial charge in [-0.1, -0.05) is 143 Å². The van der Waals surface area contributed by atoms with Gasteiger partial charge >= 0.3 is 0 Å². The van der Waals surface area contributed by atoms with Crippen LogP contribution in [0.25, 0.3) is 33.4 Å². The molecule has 4 aliphatic rings. The van der Waals surface area contributed by atoms with Crippen molar-refractivity contribution in [1.82, 2.24) is 0 Å². The van der Waals surface area contributed by atoms with Crippen LogP contribution in [0, 0.1) is 11.8 Å². The zero-order valence-electron chi connectivity index (χ0n) is 31.4. The fourth-order valence-corrected chi connectivity index (χ4v) is 10.9. The third kappa shape index (κ3) is 5.75. The molecule has 3 unspecified atom stereocenters. The Morgan fingerprint density at radius 3 is 1.92 bits per heavy atom. The van der Waals surface area contributed by atoms with E-state index in [2.05, 4.69) is 158 Å². The number of anilines is 3. The molecule has 6 aromatic rings. The Morgan fingerprint density at radius 1 is 0.509 bits per heavy atom. The first-order valence-electron chi connectivity index (χ1n) is 20.5. The van der Waals surface area contributed by atoms with Crippen molar-refractivity contribution < 1.29 is 0 Å². The first-order valence-corrected chi connectivity index (χ1v) is 20.5. The highest BCUT2D eigenvalue weighted by Gasteiger charge is 2.40. The SMILES string of the molecule is CC1(C)c2ccc(-c3ccc(-c4ccccc4)cc3)cc2-c2ccc(N(c3ccc(C4CC5CCC4C5)cc3)c3ccccc3C3CCCCC3)cc21. The number of para-hydroxylation sites is 1. The van der Waals surface area contributed by atoms with Gasteiger partial charge < -0.3 is 4.90 Å². The van der Waals surface area contributed by atoms with Gasteiger partial charge in [-0.2, -0.15) is 0 Å². The van der Waals surface area contributed by atoms with Crippen molar-refractivity contribution in [2.24, 2.45) is 11.8 Å². The molecule has 0 radical (unpaired) electrons. The fraction of sp³-hybridized carbons (Fsp3) is 0.308. The van der Waals surface area contributed by atoms with E-state index in [4.69, 9.17) is 0 Å². The Kier molecular flexibility index (Phi) is 8.16. The molecule has 10 rings (SSSR count). The molecule has 3 saturated carbocycles. The van der Waals surface area contributed by atoms with E-state index >= 15 is 0 Å². The van der Waals surface area contributed by atoms with Gasteiger partial charge in [0.15, 0.2) is 0 Å². The van der Waals surface area contributed by atoms with E-state index in [1.807, 2.05) is 0 Å². The van der Waals surface area contributed by atoms with Gasteiger partial charge in [0.05, 0.1) is 0 Å². The van der Waals surface area contributed by atoms with E-state index in [9.17, 15) is 0 Å². The molecule has 2 bridgehead atoms. The van der Waals surface area contributed by atoms with Crippen LogP contribution in [-0.2, 0) is 5.41 Å². The average Bonchev–Trinajstić information content (AvgIpc) is 3.92. The lowest BCUT2D eigenvalue weighted by Crippen LogP contribution is -2.18. The van der Waals surface area contributed by atoms with Crippen LogP contribution in [0.15, 0.2) is 140 Å². The van der Waals surface area contributed by atoms with Crippen LogP contribution in [0.4, 0.5) is 17.1 Å². The smallest absolute Gasteiger partial charge is 0.0496 e. The monoisotopic (exact) mass is 689 g/mol. The number of fused-ring (bicyclic) bond motifs is 5. The van der Waals surface area contributed by atoms with Gasteiger partial charge in [-0.3, -0.25) is 0 Å². The van der Waals surface area contributed by atoms with Crippen molar-refractivity contribution in [2.45, 2.75) is 88.9 Å². The van der Waals surface area contributed by atoms with Crippen LogP contribution < -0.4 is 4.90 Å². The minimum Gasteiger partial charge on any atom is -0.310 e. The predicted octanol–water partition coefficient (Wildman–Crippen LogP) is 14.7. The lowest BCUT2D eigenvalue weighted by Gasteiger charge is -2.33. The van der Waals surface area contributed by atoms with Crippen LogP contribution in [0.5, 0.6) is 0 Å². The van der Waals surface area contributed by atoms with Gasteiger partial charge in [-0.05, 0) is 148 Å². The molecular formula is C52H51N. The van der Waals surface area contributed by atoms with Crippen molar-refractivity contribution in [1.29, 1.82) is 0 Å². The summed E-state index contributed by atoms with van der Waals surface area (Å²) < 4.78 is 0. The number of benzene rings is 6. The Labute approximate surface area is 316 Å². The summed E-state index contributed by atoms with van der Waals surface area (Å²) in [6.07, 6.45) is 12.3. The molecule has 0 spiro atoms. The van der Waals surface area contributed by atoms with Crippen LogP contribution >= 0.6 is 0 Å². The summed E-state index contributed by atoms with van der Waals surface area (Å²) in [5.74, 6) is 3.21. The number of hydrogen-bond acceptors (Lipinski definition) is 1. The highest BCUT2D eigenvalue weighted by molar-refractivity contribution is 5.88. The lowest BCUT2D eigenvalue weighted by atomic mass is 9.81. The first kappa shape index (κ1) is 32.7. The zero-order valence-corrected chi connectivity index (χ0v) is 31.4. The second kappa shape index (κ2) is 13.2. The quantitative estimate of drug-likeness (QED) is 0.161. The molecule has 1 heteroatoms. The minimum absolute atomic E-state index is 0.101. The maximum absolute atomic E-state index is 2.59. The molecule has 3 fully saturated rings. The molecule has 6 aromatic carbocycles. The second-order valence-corrected chi connectivity index (χ2v) is 17.2. The zero-order chi connectivity index (χ0) is 35.5. The summed E-state index contributed by atoms with van der Waals surface area (Å²) in [6.45, 7) is 4.83. The molecule has 53 heavy (non-hydrogen) atoms. The van der Waals surface area contributed by atoms with E-state index in [0.29, 0.717) is 5.92 Å². The largest absolute Gasteiger partial charge is 0.310 e. The molecule has 0 aliphatic heterocycles. The van der Waals surface area contributed by atoms with Crippen molar-refractivity contribution in [3.05, 3.63) is 162 Å². The van der Waals surface area contributed by atoms with E-state index in [1.165, 1.54) is 125 Å². The Balaban J connectivity index is 1.04. The maximum atomic E-state index is 2.59. The van der Waals surface area contributed by atoms with Crippen molar-refractivity contribution in [3.63, 3.8) is 0 Å². The number of rotatable bonds is 7. The third-order valence-corrected chi connectivity index (χ3v) is 13.8. The normalized spacial score (nSPS) is 21.4. The van der Waals surface area contributed by atoms with Crippen molar-refractivity contribution >= 4 is 17.1 Å². The Hall–Kier alpha value is -4.88. The molecule has 4 aliphatic carbocycles. The fourth-order valence-electron chi connectivity index (χ4n) is 10.9. The summed E-state index contributed by atoms with van der Waals surface area (Å²) in [7, 11) is 0. The Bertz CT molecular complexity index is 2250. The summed E-state index contributed by atoms with van der Waals surface area (Å²) in [6, 6.07) is 53.3. The Morgan fingerprint density at radius 2 is 1.19 bits per heavy atom. The summed E-state index contributed by atoms with van der Waals surface area (Å²) >= 11 is 0. The molecule has 0 aromatic heterocycles. The van der Waals surface area contributed by atoms with Crippen LogP contribution in [-0.4, -0.2) is 0 Å². The topological polar surface area (TPSA) is 3.24 Å². The first-order chi connectivity index (χ1) is 26.0. The summed E-state index contributed by atoms with van der Waals surface area (Å²) in [5.41, 5.74) is 17.5. The van der Waals surface area contributed by atoms with Gasteiger partial charge in [-0.25, -0.2) is 0 Å². The van der Waals surface area contributed by atoms with Crippen LogP contribution in [0.2, 0.25) is 0 Å². The minimum atomic E-state index is -0.101. The van der Waals surface area contributed by atoms with Gasteiger partial charge in [0.1, 0.15) is 0 Å². The third-order valence-electron chi connectivity index (χ3n) is 13.8. The molecular weight excluding hydrogens is 639 g/mol. The van der Waals surface area contributed by atoms with Crippen LogP contribution in [0.3, 0.4) is 0 Å². The molecule has 0 saturated heterocycles. The van der Waals surface area contributed by atoms with E-state index in [1.54, 1.807) is 5.56 Å². The van der Waals surface area contributed by atoms with Gasteiger partial charge in [0.2, 0.25) is 0 Å². The maximum Gasteiger partial charge on any atom is 0.0496 e. The number of hydrogen-bond donors (Lipinski definition) is 0. The molecule has 264 valence electrons. The van der Waals surface area contributed by atoms with Gasteiger partial charge in [0.25, 0.3) is 0 Å². The standard InChI is InChI=1S/C52H51N/c1-52(2)49-30-25-41(38-21-19-37(20-22-38)36-11-5-3-6-12-36)33-48(49)46-29-28-44(34-50(46)52)53(51-16-10-9-15-45(51)39-13-7-4-8-14-39)43-26-23-40(24-27-43)47-32-35-17-18-42(47)31-35/h3,5-6,9-12,15-16,19-30,33-35,39,42,47H,4,7-8,13-14,17-18,31-32H2,1-2H3. The lowest BCUT2D eigenvalue weighted by molar-refractivity contribution is 0.420. The van der Waals surface area contributed by atoms with Crippen molar-refractivity contribution in [3.8, 4) is 33.4 Å². The van der Waals surface area contributed by atoms with E-state index in [0.717, 1.165) is 17.8 Å². The van der Waals surface area contributed by atoms with E-state index < -0.39 is 0 Å². The number of nitrogens with zero attached hydrogens (tertiary/aromatic N) is 1. The second-order valence-electron chi connectivity index (χ2n) is 17.2. The molecule has 0 amide bonds. The average molecular weight is 690 g/mol. The van der Waals surface area contributed by atoms with Crippen molar-refractivity contribution in [2.75, 3.05) is 4.90 Å². The van der Waals surface area contributed by atoms with Crippen LogP contribution in [0.1, 0.15) is 106 Å².